The predicted octanol–water partition coefficient (Wildman–Crippen LogP) is 4.38. The van der Waals surface area contributed by atoms with E-state index in [1.807, 2.05) is 30.3 Å². The largest absolute Gasteiger partial charge is 0.497 e. The van der Waals surface area contributed by atoms with E-state index in [4.69, 9.17) is 4.74 Å². The molecule has 2 aromatic carbocycles. The third-order valence-corrected chi connectivity index (χ3v) is 5.48. The van der Waals surface area contributed by atoms with Crippen LogP contribution in [0.5, 0.6) is 5.75 Å². The number of rotatable bonds is 3. The van der Waals surface area contributed by atoms with Crippen LogP contribution < -0.4 is 4.74 Å². The zero-order valence-electron chi connectivity index (χ0n) is 14.1. The lowest BCUT2D eigenvalue weighted by atomic mass is 9.74. The Morgan fingerprint density at radius 1 is 1.08 bits per heavy atom. The summed E-state index contributed by atoms with van der Waals surface area (Å²) < 4.78 is 5.39. The van der Waals surface area contributed by atoms with Gasteiger partial charge in [0.05, 0.1) is 7.11 Å². The summed E-state index contributed by atoms with van der Waals surface area (Å²) in [6, 6.07) is 16.6. The van der Waals surface area contributed by atoms with Crippen LogP contribution in [0.1, 0.15) is 53.1 Å². The minimum atomic E-state index is 0.166. The molecule has 0 unspecified atom stereocenters. The van der Waals surface area contributed by atoms with Crippen molar-refractivity contribution < 1.29 is 9.53 Å². The normalized spacial score (nSPS) is 22.7. The minimum absolute atomic E-state index is 0.166. The fourth-order valence-electron chi connectivity index (χ4n) is 4.29. The second kappa shape index (κ2) is 6.31. The highest BCUT2D eigenvalue weighted by atomic mass is 16.5. The molecule has 1 amide bonds. The molecule has 24 heavy (non-hydrogen) atoms. The summed E-state index contributed by atoms with van der Waals surface area (Å²) in [5.41, 5.74) is 3.25. The van der Waals surface area contributed by atoms with E-state index in [9.17, 15) is 4.79 Å². The van der Waals surface area contributed by atoms with Crippen LogP contribution in [0.15, 0.2) is 48.5 Å². The molecule has 0 spiro atoms. The summed E-state index contributed by atoms with van der Waals surface area (Å²) in [6.45, 7) is 0.701. The van der Waals surface area contributed by atoms with Crippen LogP contribution in [-0.2, 0) is 6.54 Å². The summed E-state index contributed by atoms with van der Waals surface area (Å²) in [5, 5.41) is 0. The van der Waals surface area contributed by atoms with E-state index in [2.05, 4.69) is 23.1 Å². The lowest BCUT2D eigenvalue weighted by molar-refractivity contribution is 0.0533. The van der Waals surface area contributed by atoms with Gasteiger partial charge < -0.3 is 9.64 Å². The molecule has 0 saturated heterocycles. The average Bonchev–Trinajstić information content (AvgIpc) is 2.65. The van der Waals surface area contributed by atoms with Gasteiger partial charge in [-0.25, -0.2) is 0 Å². The first-order valence-electron chi connectivity index (χ1n) is 8.81. The molecular formula is C21H23NO2. The number of nitrogens with zero attached hydrogens (tertiary/aromatic N) is 1. The van der Waals surface area contributed by atoms with E-state index in [0.717, 1.165) is 24.2 Å². The van der Waals surface area contributed by atoms with E-state index in [1.165, 1.54) is 24.0 Å². The monoisotopic (exact) mass is 321 g/mol. The molecule has 4 rings (SSSR count). The highest BCUT2D eigenvalue weighted by Gasteiger charge is 2.40. The quantitative estimate of drug-likeness (QED) is 0.840. The number of hydrogen-bond acceptors (Lipinski definition) is 2. The Balaban J connectivity index is 1.74. The molecule has 0 radical (unpaired) electrons. The summed E-state index contributed by atoms with van der Waals surface area (Å²) >= 11 is 0. The molecule has 3 nitrogen and oxygen atoms in total. The molecule has 2 aliphatic rings. The molecule has 1 heterocycles. The average molecular weight is 321 g/mol. The Morgan fingerprint density at radius 2 is 1.88 bits per heavy atom. The number of ether oxygens (including phenoxy) is 1. The van der Waals surface area contributed by atoms with Crippen molar-refractivity contribution in [1.82, 2.24) is 4.90 Å². The van der Waals surface area contributed by atoms with Gasteiger partial charge in [-0.1, -0.05) is 43.2 Å². The predicted molar refractivity (Wildman–Crippen MR) is 94.3 cm³/mol. The van der Waals surface area contributed by atoms with Crippen molar-refractivity contribution in [3.8, 4) is 5.75 Å². The minimum Gasteiger partial charge on any atom is -0.497 e. The molecule has 0 aromatic heterocycles. The van der Waals surface area contributed by atoms with Crippen LogP contribution in [-0.4, -0.2) is 24.0 Å². The highest BCUT2D eigenvalue weighted by molar-refractivity contribution is 5.97. The van der Waals surface area contributed by atoms with Gasteiger partial charge in [-0.15, -0.1) is 0 Å². The van der Waals surface area contributed by atoms with E-state index >= 15 is 0 Å². The summed E-state index contributed by atoms with van der Waals surface area (Å²) in [5.74, 6) is 1.45. The first-order chi connectivity index (χ1) is 11.8. The Hall–Kier alpha value is -2.29. The Kier molecular flexibility index (Phi) is 4.01. The van der Waals surface area contributed by atoms with Crippen molar-refractivity contribution in [1.29, 1.82) is 0 Å². The van der Waals surface area contributed by atoms with Gasteiger partial charge in [0.15, 0.2) is 0 Å². The van der Waals surface area contributed by atoms with Crippen LogP contribution >= 0.6 is 0 Å². The Labute approximate surface area is 143 Å². The Morgan fingerprint density at radius 3 is 2.67 bits per heavy atom. The van der Waals surface area contributed by atoms with Crippen molar-refractivity contribution in [2.75, 3.05) is 7.11 Å². The van der Waals surface area contributed by atoms with Crippen LogP contribution in [0.2, 0.25) is 0 Å². The van der Waals surface area contributed by atoms with Crippen molar-refractivity contribution >= 4 is 5.91 Å². The van der Waals surface area contributed by atoms with Crippen molar-refractivity contribution in [3.63, 3.8) is 0 Å². The highest BCUT2D eigenvalue weighted by Crippen LogP contribution is 2.43. The SMILES string of the molecule is COc1ccc2c(c1)[C@H]1CCCC[C@@H]1N(Cc1ccccc1)C2=O. The molecule has 2 atom stereocenters. The molecule has 1 fully saturated rings. The van der Waals surface area contributed by atoms with Crippen LogP contribution in [0.3, 0.4) is 0 Å². The molecular weight excluding hydrogens is 298 g/mol. The number of benzene rings is 2. The van der Waals surface area contributed by atoms with Gasteiger partial charge in [0.2, 0.25) is 0 Å². The maximum absolute atomic E-state index is 13.2. The van der Waals surface area contributed by atoms with Gasteiger partial charge in [0.1, 0.15) is 5.75 Å². The standard InChI is InChI=1S/C21H23NO2/c1-24-16-11-12-18-19(13-16)17-9-5-6-10-20(17)22(21(18)23)14-15-7-3-2-4-8-15/h2-4,7-8,11-13,17,20H,5-6,9-10,14H2,1H3/t17-,20+/m1/s1. The molecule has 2 aromatic rings. The second-order valence-electron chi connectivity index (χ2n) is 6.83. The smallest absolute Gasteiger partial charge is 0.254 e. The number of fused-ring (bicyclic) bond motifs is 3. The van der Waals surface area contributed by atoms with E-state index in [-0.39, 0.29) is 5.91 Å². The van der Waals surface area contributed by atoms with E-state index < -0.39 is 0 Å². The summed E-state index contributed by atoms with van der Waals surface area (Å²) in [4.78, 5) is 15.3. The molecule has 124 valence electrons. The third-order valence-electron chi connectivity index (χ3n) is 5.48. The molecule has 1 aliphatic heterocycles. The molecule has 3 heteroatoms. The van der Waals surface area contributed by atoms with Gasteiger partial charge in [0.25, 0.3) is 5.91 Å². The van der Waals surface area contributed by atoms with Crippen molar-refractivity contribution in [2.45, 2.75) is 44.2 Å². The van der Waals surface area contributed by atoms with Gasteiger partial charge in [-0.3, -0.25) is 4.79 Å². The zero-order chi connectivity index (χ0) is 16.5. The van der Waals surface area contributed by atoms with Gasteiger partial charge >= 0.3 is 0 Å². The zero-order valence-corrected chi connectivity index (χ0v) is 14.1. The van der Waals surface area contributed by atoms with Crippen molar-refractivity contribution in [3.05, 3.63) is 65.2 Å². The van der Waals surface area contributed by atoms with Crippen LogP contribution in [0, 0.1) is 0 Å². The third kappa shape index (κ3) is 2.58. The van der Waals surface area contributed by atoms with Crippen molar-refractivity contribution in [2.24, 2.45) is 0 Å². The maximum atomic E-state index is 13.2. The van der Waals surface area contributed by atoms with Gasteiger partial charge in [0, 0.05) is 24.1 Å². The summed E-state index contributed by atoms with van der Waals surface area (Å²) in [7, 11) is 1.69. The number of methoxy groups -OCH3 is 1. The molecule has 0 bridgehead atoms. The molecule has 1 saturated carbocycles. The number of amides is 1. The first kappa shape index (κ1) is 15.3. The molecule has 1 aliphatic carbocycles. The van der Waals surface area contributed by atoms with E-state index in [1.54, 1.807) is 7.11 Å². The van der Waals surface area contributed by atoms with Crippen LogP contribution in [0.4, 0.5) is 0 Å². The fraction of sp³-hybridized carbons (Fsp3) is 0.381. The van der Waals surface area contributed by atoms with Crippen LogP contribution in [0.25, 0.3) is 0 Å². The van der Waals surface area contributed by atoms with Gasteiger partial charge in [-0.2, -0.15) is 0 Å². The summed E-state index contributed by atoms with van der Waals surface area (Å²) in [6.07, 6.45) is 4.70. The maximum Gasteiger partial charge on any atom is 0.254 e. The lowest BCUT2D eigenvalue weighted by Gasteiger charge is -2.45. The Bertz CT molecular complexity index is 741. The van der Waals surface area contributed by atoms with Gasteiger partial charge in [-0.05, 0) is 42.2 Å². The second-order valence-corrected chi connectivity index (χ2v) is 6.83. The van der Waals surface area contributed by atoms with E-state index in [0.29, 0.717) is 18.5 Å². The fourth-order valence-corrected chi connectivity index (χ4v) is 4.29. The number of carbonyl (C=O) groups excluding carboxylic acids is 1. The lowest BCUT2D eigenvalue weighted by Crippen LogP contribution is -2.48. The number of carbonyl (C=O) groups is 1. The number of hydrogen-bond donors (Lipinski definition) is 0. The molecule has 0 N–H and O–H groups in total. The first-order valence-corrected chi connectivity index (χ1v) is 8.81. The topological polar surface area (TPSA) is 29.5 Å².